The molecule has 7 heteroatoms. The van der Waals surface area contributed by atoms with E-state index in [1.54, 1.807) is 25.7 Å². The summed E-state index contributed by atoms with van der Waals surface area (Å²) < 4.78 is 10.6. The van der Waals surface area contributed by atoms with Crippen LogP contribution in [-0.4, -0.2) is 47.9 Å². The van der Waals surface area contributed by atoms with Crippen molar-refractivity contribution in [2.24, 2.45) is 11.8 Å². The lowest BCUT2D eigenvalue weighted by molar-refractivity contribution is 0.0253. The van der Waals surface area contributed by atoms with Gasteiger partial charge in [0.05, 0.1) is 12.0 Å². The molecule has 2 atom stereocenters. The van der Waals surface area contributed by atoms with Gasteiger partial charge >= 0.3 is 12.2 Å². The molecule has 1 saturated heterocycles. The predicted molar refractivity (Wildman–Crippen MR) is 93.9 cm³/mol. The Morgan fingerprint density at radius 2 is 1.64 bits per heavy atom. The van der Waals surface area contributed by atoms with Gasteiger partial charge in [0.2, 0.25) is 0 Å². The number of rotatable bonds is 2. The van der Waals surface area contributed by atoms with E-state index in [0.29, 0.717) is 32.5 Å². The number of carbonyl (C=O) groups excluding carboxylic acids is 2. The van der Waals surface area contributed by atoms with Crippen LogP contribution in [-0.2, 0) is 9.47 Å². The van der Waals surface area contributed by atoms with E-state index in [1.807, 2.05) is 20.8 Å². The monoisotopic (exact) mass is 353 g/mol. The molecule has 142 valence electrons. The molecule has 0 spiro atoms. The number of alkyl carbamates (subject to hydrolysis) is 1. The molecular formula is C18H31N3O4. The van der Waals surface area contributed by atoms with E-state index in [1.165, 1.54) is 0 Å². The SMILES string of the molecule is CC(C)(C)OC(=O)NC[C@@H]1CCN(C(=O)OC(C)(C)C)CC[C@@H]1C#N. The summed E-state index contributed by atoms with van der Waals surface area (Å²) in [6, 6.07) is 2.30. The number of nitriles is 1. The summed E-state index contributed by atoms with van der Waals surface area (Å²) in [7, 11) is 0. The number of carbonyl (C=O) groups is 2. The van der Waals surface area contributed by atoms with E-state index in [-0.39, 0.29) is 17.9 Å². The Bertz CT molecular complexity index is 514. The average Bonchev–Trinajstić information content (AvgIpc) is 2.63. The number of likely N-dealkylation sites (tertiary alicyclic amines) is 1. The quantitative estimate of drug-likeness (QED) is 0.822. The van der Waals surface area contributed by atoms with Crippen molar-refractivity contribution >= 4 is 12.2 Å². The lowest BCUT2D eigenvalue weighted by Gasteiger charge is -2.26. The summed E-state index contributed by atoms with van der Waals surface area (Å²) in [5, 5.41) is 12.2. The van der Waals surface area contributed by atoms with Crippen molar-refractivity contribution in [2.45, 2.75) is 65.6 Å². The molecule has 0 aromatic rings. The second-order valence-corrected chi connectivity index (χ2v) is 8.42. The lowest BCUT2D eigenvalue weighted by Crippen LogP contribution is -2.38. The molecule has 1 aliphatic heterocycles. The largest absolute Gasteiger partial charge is 0.444 e. The lowest BCUT2D eigenvalue weighted by atomic mass is 9.89. The van der Waals surface area contributed by atoms with Crippen molar-refractivity contribution in [1.82, 2.24) is 10.2 Å². The maximum atomic E-state index is 12.2. The van der Waals surface area contributed by atoms with Crippen LogP contribution >= 0.6 is 0 Å². The molecule has 1 N–H and O–H groups in total. The van der Waals surface area contributed by atoms with Crippen molar-refractivity contribution in [2.75, 3.05) is 19.6 Å². The normalized spacial score (nSPS) is 21.7. The van der Waals surface area contributed by atoms with Gasteiger partial charge in [-0.25, -0.2) is 9.59 Å². The van der Waals surface area contributed by atoms with Gasteiger partial charge in [-0.05, 0) is 60.3 Å². The molecule has 7 nitrogen and oxygen atoms in total. The standard InChI is InChI=1S/C18H31N3O4/c1-17(2,3)24-15(22)20-12-14-8-10-21(9-7-13(14)11-19)16(23)25-18(4,5)6/h13-14H,7-10,12H2,1-6H3,(H,20,22)/t13-,14+/m1/s1. The molecule has 0 radical (unpaired) electrons. The predicted octanol–water partition coefficient (Wildman–Crippen LogP) is 3.30. The number of nitrogens with one attached hydrogen (secondary N) is 1. The Labute approximate surface area is 150 Å². The van der Waals surface area contributed by atoms with Crippen LogP contribution in [0.5, 0.6) is 0 Å². The second kappa shape index (κ2) is 8.41. The molecule has 0 aromatic carbocycles. The first kappa shape index (κ1) is 21.1. The molecule has 0 aliphatic carbocycles. The maximum absolute atomic E-state index is 12.2. The highest BCUT2D eigenvalue weighted by Crippen LogP contribution is 2.24. The molecule has 0 saturated carbocycles. The van der Waals surface area contributed by atoms with Crippen LogP contribution in [0.3, 0.4) is 0 Å². The van der Waals surface area contributed by atoms with E-state index in [9.17, 15) is 14.9 Å². The minimum absolute atomic E-state index is 0.0232. The molecule has 0 bridgehead atoms. The summed E-state index contributed by atoms with van der Waals surface area (Å²) in [6.07, 6.45) is 0.353. The van der Waals surface area contributed by atoms with E-state index in [2.05, 4.69) is 11.4 Å². The molecule has 25 heavy (non-hydrogen) atoms. The van der Waals surface area contributed by atoms with Gasteiger partial charge in [-0.15, -0.1) is 0 Å². The third-order valence-electron chi connectivity index (χ3n) is 3.77. The third-order valence-corrected chi connectivity index (χ3v) is 3.77. The summed E-state index contributed by atoms with van der Waals surface area (Å²) >= 11 is 0. The van der Waals surface area contributed by atoms with Gasteiger partial charge in [0, 0.05) is 19.6 Å². The highest BCUT2D eigenvalue weighted by Gasteiger charge is 2.31. The third kappa shape index (κ3) is 8.10. The highest BCUT2D eigenvalue weighted by atomic mass is 16.6. The molecule has 1 rings (SSSR count). The van der Waals surface area contributed by atoms with Crippen LogP contribution in [0.4, 0.5) is 9.59 Å². The summed E-state index contributed by atoms with van der Waals surface area (Å²) in [5.74, 6) is -0.243. The Morgan fingerprint density at radius 1 is 1.08 bits per heavy atom. The van der Waals surface area contributed by atoms with Gasteiger partial charge in [0.15, 0.2) is 0 Å². The fourth-order valence-electron chi connectivity index (χ4n) is 2.62. The van der Waals surface area contributed by atoms with Crippen molar-refractivity contribution in [1.29, 1.82) is 5.26 Å². The van der Waals surface area contributed by atoms with Gasteiger partial charge in [-0.2, -0.15) is 5.26 Å². The first-order valence-electron chi connectivity index (χ1n) is 8.75. The topological polar surface area (TPSA) is 91.7 Å². The van der Waals surface area contributed by atoms with E-state index >= 15 is 0 Å². The van der Waals surface area contributed by atoms with Crippen LogP contribution in [0.25, 0.3) is 0 Å². The second-order valence-electron chi connectivity index (χ2n) is 8.42. The van der Waals surface area contributed by atoms with Gasteiger partial charge in [-0.3, -0.25) is 0 Å². The van der Waals surface area contributed by atoms with Crippen molar-refractivity contribution in [3.05, 3.63) is 0 Å². The van der Waals surface area contributed by atoms with Crippen LogP contribution in [0, 0.1) is 23.2 Å². The molecule has 0 unspecified atom stereocenters. The fourth-order valence-corrected chi connectivity index (χ4v) is 2.62. The first-order valence-corrected chi connectivity index (χ1v) is 8.75. The molecule has 1 aliphatic rings. The summed E-state index contributed by atoms with van der Waals surface area (Å²) in [4.78, 5) is 25.7. The minimum atomic E-state index is -0.560. The number of nitrogens with zero attached hydrogens (tertiary/aromatic N) is 2. The van der Waals surface area contributed by atoms with E-state index in [4.69, 9.17) is 9.47 Å². The van der Waals surface area contributed by atoms with E-state index in [0.717, 1.165) is 0 Å². The zero-order valence-corrected chi connectivity index (χ0v) is 16.2. The van der Waals surface area contributed by atoms with Gasteiger partial charge < -0.3 is 19.7 Å². The summed E-state index contributed by atoms with van der Waals surface area (Å²) in [6.45, 7) is 12.2. The van der Waals surface area contributed by atoms with Crippen LogP contribution in [0.1, 0.15) is 54.4 Å². The van der Waals surface area contributed by atoms with Crippen molar-refractivity contribution in [3.8, 4) is 6.07 Å². The van der Waals surface area contributed by atoms with Crippen LogP contribution in [0.2, 0.25) is 0 Å². The van der Waals surface area contributed by atoms with Crippen LogP contribution < -0.4 is 5.32 Å². The Morgan fingerprint density at radius 3 is 2.16 bits per heavy atom. The van der Waals surface area contributed by atoms with Gasteiger partial charge in [0.1, 0.15) is 11.2 Å². The summed E-state index contributed by atoms with van der Waals surface area (Å²) in [5.41, 5.74) is -1.11. The smallest absolute Gasteiger partial charge is 0.410 e. The average molecular weight is 353 g/mol. The number of ether oxygens (including phenoxy) is 2. The first-order chi connectivity index (χ1) is 11.4. The zero-order chi connectivity index (χ0) is 19.3. The Kier molecular flexibility index (Phi) is 7.09. The number of hydrogen-bond acceptors (Lipinski definition) is 5. The number of amides is 2. The molecule has 1 heterocycles. The molecule has 0 aromatic heterocycles. The Hall–Kier alpha value is -1.97. The zero-order valence-electron chi connectivity index (χ0n) is 16.2. The van der Waals surface area contributed by atoms with Crippen LogP contribution in [0.15, 0.2) is 0 Å². The highest BCUT2D eigenvalue weighted by molar-refractivity contribution is 5.68. The number of hydrogen-bond donors (Lipinski definition) is 1. The van der Waals surface area contributed by atoms with Crippen molar-refractivity contribution in [3.63, 3.8) is 0 Å². The van der Waals surface area contributed by atoms with Crippen molar-refractivity contribution < 1.29 is 19.1 Å². The minimum Gasteiger partial charge on any atom is -0.444 e. The molecular weight excluding hydrogens is 322 g/mol. The molecule has 2 amide bonds. The van der Waals surface area contributed by atoms with Gasteiger partial charge in [-0.1, -0.05) is 0 Å². The molecule has 1 fully saturated rings. The van der Waals surface area contributed by atoms with E-state index < -0.39 is 17.3 Å². The Balaban J connectivity index is 2.60. The fraction of sp³-hybridized carbons (Fsp3) is 0.833. The van der Waals surface area contributed by atoms with Gasteiger partial charge in [0.25, 0.3) is 0 Å². The maximum Gasteiger partial charge on any atom is 0.410 e.